The fraction of sp³-hybridized carbons (Fsp3) is 0.588. The highest BCUT2D eigenvalue weighted by molar-refractivity contribution is 6.60. The summed E-state index contributed by atoms with van der Waals surface area (Å²) in [6.45, 7) is 2.12. The Balaban J connectivity index is 2.75. The molecule has 0 fully saturated rings. The zero-order valence-electron chi connectivity index (χ0n) is 16.9. The molecular weight excluding hydrogens is 388 g/mol. The molecule has 11 heteroatoms. The number of nitrogens with one attached hydrogen (secondary N) is 1. The number of nitrogens with zero attached hydrogens (tertiary/aromatic N) is 1. The van der Waals surface area contributed by atoms with Crippen LogP contribution in [0.4, 0.5) is 5.69 Å². The highest BCUT2D eigenvalue weighted by atomic mass is 28.4. The zero-order valence-corrected chi connectivity index (χ0v) is 17.9. The molecule has 0 radical (unpaired) electrons. The first-order valence-corrected chi connectivity index (χ1v) is 10.7. The molecule has 1 N–H and O–H groups in total. The smallest absolute Gasteiger partial charge is 0.493 e. The SMILES string of the molecule is CCOc1cc([N+](=O)[O-])c(CNC(=O)CCC[Si](OC)(OC)OC)cc1OC. The van der Waals surface area contributed by atoms with E-state index >= 15 is 0 Å². The highest BCUT2D eigenvalue weighted by Gasteiger charge is 2.37. The Kier molecular flexibility index (Phi) is 9.86. The van der Waals surface area contributed by atoms with Crippen LogP contribution in [0, 0.1) is 10.1 Å². The van der Waals surface area contributed by atoms with E-state index < -0.39 is 13.7 Å². The molecule has 0 unspecified atom stereocenters. The first kappa shape index (κ1) is 23.8. The van der Waals surface area contributed by atoms with Gasteiger partial charge in [0.05, 0.1) is 30.3 Å². The third-order valence-corrected chi connectivity index (χ3v) is 6.99. The molecule has 28 heavy (non-hydrogen) atoms. The number of nitro groups is 1. The van der Waals surface area contributed by atoms with Crippen LogP contribution < -0.4 is 14.8 Å². The lowest BCUT2D eigenvalue weighted by Crippen LogP contribution is -2.42. The van der Waals surface area contributed by atoms with Crippen molar-refractivity contribution in [2.24, 2.45) is 0 Å². The van der Waals surface area contributed by atoms with Crippen LogP contribution in [0.5, 0.6) is 11.5 Å². The van der Waals surface area contributed by atoms with E-state index in [1.54, 1.807) is 6.92 Å². The van der Waals surface area contributed by atoms with Gasteiger partial charge in [-0.1, -0.05) is 0 Å². The molecule has 0 atom stereocenters. The average Bonchev–Trinajstić information content (AvgIpc) is 2.70. The molecular formula is C17H28N2O8Si. The second-order valence-corrected chi connectivity index (χ2v) is 8.84. The van der Waals surface area contributed by atoms with Crippen molar-refractivity contribution in [3.05, 3.63) is 27.8 Å². The molecule has 0 aliphatic carbocycles. The summed E-state index contributed by atoms with van der Waals surface area (Å²) in [7, 11) is 3.26. The van der Waals surface area contributed by atoms with Gasteiger partial charge in [0.2, 0.25) is 5.91 Å². The first-order valence-electron chi connectivity index (χ1n) is 8.76. The minimum atomic E-state index is -2.72. The Hall–Kier alpha value is -2.21. The summed E-state index contributed by atoms with van der Waals surface area (Å²) < 4.78 is 26.5. The van der Waals surface area contributed by atoms with Crippen molar-refractivity contribution in [1.29, 1.82) is 0 Å². The van der Waals surface area contributed by atoms with E-state index in [1.807, 2.05) is 0 Å². The number of amides is 1. The molecule has 1 rings (SSSR count). The Labute approximate surface area is 165 Å². The monoisotopic (exact) mass is 416 g/mol. The van der Waals surface area contributed by atoms with Crippen LogP contribution in [0.15, 0.2) is 12.1 Å². The molecule has 0 aliphatic heterocycles. The molecule has 0 bridgehead atoms. The number of benzene rings is 1. The lowest BCUT2D eigenvalue weighted by atomic mass is 10.1. The summed E-state index contributed by atoms with van der Waals surface area (Å²) in [6, 6.07) is 3.29. The Morgan fingerprint density at radius 3 is 2.29 bits per heavy atom. The predicted octanol–water partition coefficient (Wildman–Crippen LogP) is 2.28. The number of carbonyl (C=O) groups excluding carboxylic acids is 1. The summed E-state index contributed by atoms with van der Waals surface area (Å²) in [5, 5.41) is 14.1. The van der Waals surface area contributed by atoms with Crippen molar-refractivity contribution in [3.8, 4) is 11.5 Å². The summed E-state index contributed by atoms with van der Waals surface area (Å²) in [5.41, 5.74) is 0.183. The van der Waals surface area contributed by atoms with Crippen molar-refractivity contribution in [1.82, 2.24) is 5.32 Å². The van der Waals surface area contributed by atoms with Gasteiger partial charge in [-0.25, -0.2) is 0 Å². The van der Waals surface area contributed by atoms with Gasteiger partial charge >= 0.3 is 8.80 Å². The Bertz CT molecular complexity index is 659. The van der Waals surface area contributed by atoms with E-state index in [9.17, 15) is 14.9 Å². The van der Waals surface area contributed by atoms with E-state index in [-0.39, 0.29) is 30.3 Å². The van der Waals surface area contributed by atoms with Crippen LogP contribution >= 0.6 is 0 Å². The number of hydrogen-bond acceptors (Lipinski definition) is 8. The zero-order chi connectivity index (χ0) is 21.2. The number of hydrogen-bond donors (Lipinski definition) is 1. The first-order chi connectivity index (χ1) is 13.4. The van der Waals surface area contributed by atoms with E-state index in [0.717, 1.165) is 0 Å². The van der Waals surface area contributed by atoms with Crippen LogP contribution in [-0.2, 0) is 24.6 Å². The lowest BCUT2D eigenvalue weighted by molar-refractivity contribution is -0.385. The van der Waals surface area contributed by atoms with E-state index in [2.05, 4.69) is 5.32 Å². The van der Waals surface area contributed by atoms with Gasteiger partial charge in [0.25, 0.3) is 5.69 Å². The second-order valence-electron chi connectivity index (χ2n) is 5.75. The van der Waals surface area contributed by atoms with Gasteiger partial charge in [-0.2, -0.15) is 0 Å². The van der Waals surface area contributed by atoms with Gasteiger partial charge in [0.1, 0.15) is 0 Å². The lowest BCUT2D eigenvalue weighted by Gasteiger charge is -2.24. The topological polar surface area (TPSA) is 118 Å². The largest absolute Gasteiger partial charge is 0.500 e. The summed E-state index contributed by atoms with van der Waals surface area (Å²) >= 11 is 0. The van der Waals surface area contributed by atoms with Gasteiger partial charge in [-0.05, 0) is 19.4 Å². The number of ether oxygens (including phenoxy) is 2. The van der Waals surface area contributed by atoms with Crippen molar-refractivity contribution in [3.63, 3.8) is 0 Å². The molecule has 0 heterocycles. The van der Waals surface area contributed by atoms with Gasteiger partial charge in [0.15, 0.2) is 11.5 Å². The van der Waals surface area contributed by atoms with Crippen molar-refractivity contribution >= 4 is 20.4 Å². The Morgan fingerprint density at radius 2 is 1.79 bits per heavy atom. The molecule has 0 aromatic heterocycles. The molecule has 1 aromatic rings. The molecule has 1 amide bonds. The van der Waals surface area contributed by atoms with Crippen LogP contribution in [0.1, 0.15) is 25.3 Å². The third kappa shape index (κ3) is 6.44. The van der Waals surface area contributed by atoms with Crippen LogP contribution in [0.25, 0.3) is 0 Å². The third-order valence-electron chi connectivity index (χ3n) is 4.16. The molecule has 0 saturated carbocycles. The molecule has 158 valence electrons. The average molecular weight is 417 g/mol. The molecule has 0 saturated heterocycles. The predicted molar refractivity (Wildman–Crippen MR) is 103 cm³/mol. The van der Waals surface area contributed by atoms with E-state index in [1.165, 1.54) is 40.6 Å². The van der Waals surface area contributed by atoms with Gasteiger partial charge in [-0.15, -0.1) is 0 Å². The fourth-order valence-corrected chi connectivity index (χ4v) is 4.36. The highest BCUT2D eigenvalue weighted by Crippen LogP contribution is 2.34. The van der Waals surface area contributed by atoms with Crippen LogP contribution in [0.2, 0.25) is 6.04 Å². The molecule has 10 nitrogen and oxygen atoms in total. The second kappa shape index (κ2) is 11.6. The normalized spacial score (nSPS) is 11.2. The maximum Gasteiger partial charge on any atom is 0.500 e. The minimum Gasteiger partial charge on any atom is -0.493 e. The van der Waals surface area contributed by atoms with E-state index in [4.69, 9.17) is 22.8 Å². The summed E-state index contributed by atoms with van der Waals surface area (Å²) in [6.07, 6.45) is 0.717. The standard InChI is InChI=1S/C17H28N2O8Si/c1-6-27-16-11-14(19(21)22)13(10-15(16)23-2)12-18-17(20)8-7-9-28(24-3,25-4)26-5/h10-11H,6-9,12H2,1-5H3,(H,18,20). The maximum absolute atomic E-state index is 12.1. The maximum atomic E-state index is 12.1. The molecule has 0 aliphatic rings. The van der Waals surface area contributed by atoms with Gasteiger partial charge in [0, 0.05) is 40.3 Å². The number of rotatable bonds is 13. The van der Waals surface area contributed by atoms with Gasteiger partial charge in [-0.3, -0.25) is 14.9 Å². The Morgan fingerprint density at radius 1 is 1.14 bits per heavy atom. The van der Waals surface area contributed by atoms with Crippen LogP contribution in [-0.4, -0.2) is 54.7 Å². The summed E-state index contributed by atoms with van der Waals surface area (Å²) in [5.74, 6) is 0.410. The van der Waals surface area contributed by atoms with Crippen LogP contribution in [0.3, 0.4) is 0 Å². The van der Waals surface area contributed by atoms with Crippen molar-refractivity contribution in [2.75, 3.05) is 35.0 Å². The van der Waals surface area contributed by atoms with Crippen molar-refractivity contribution in [2.45, 2.75) is 32.4 Å². The number of methoxy groups -OCH3 is 1. The molecule has 0 spiro atoms. The number of nitro benzene ring substituents is 1. The summed E-state index contributed by atoms with van der Waals surface area (Å²) in [4.78, 5) is 23.0. The van der Waals surface area contributed by atoms with E-state index in [0.29, 0.717) is 30.4 Å². The fourth-order valence-electron chi connectivity index (χ4n) is 2.63. The molecule has 1 aromatic carbocycles. The minimum absolute atomic E-state index is 0.000678. The number of carbonyl (C=O) groups is 1. The quantitative estimate of drug-likeness (QED) is 0.295. The van der Waals surface area contributed by atoms with Gasteiger partial charge < -0.3 is 28.1 Å². The van der Waals surface area contributed by atoms with Crippen molar-refractivity contribution < 1.29 is 32.5 Å².